The molecule has 1 heterocycles. The smallest absolute Gasteiger partial charge is 0.0373 e. The molecule has 0 bridgehead atoms. The summed E-state index contributed by atoms with van der Waals surface area (Å²) in [5.74, 6) is 1.57. The van der Waals surface area contributed by atoms with Gasteiger partial charge < -0.3 is 5.32 Å². The Morgan fingerprint density at radius 3 is 2.29 bits per heavy atom. The lowest BCUT2D eigenvalue weighted by atomic mass is 9.97. The number of benzene rings is 1. The van der Waals surface area contributed by atoms with E-state index in [1.165, 1.54) is 43.6 Å². The molecule has 0 aliphatic carbocycles. The molecule has 2 nitrogen and oxygen atoms in total. The number of fused-ring (bicyclic) bond motifs is 1. The quantitative estimate of drug-likeness (QED) is 0.799. The van der Waals surface area contributed by atoms with Crippen LogP contribution >= 0.6 is 0 Å². The molecule has 1 unspecified atom stereocenters. The van der Waals surface area contributed by atoms with E-state index in [9.17, 15) is 0 Å². The highest BCUT2D eigenvalue weighted by Gasteiger charge is 2.23. The number of anilines is 1. The lowest BCUT2D eigenvalue weighted by Gasteiger charge is -2.36. The fourth-order valence-electron chi connectivity index (χ4n) is 3.01. The lowest BCUT2D eigenvalue weighted by molar-refractivity contribution is 0.179. The van der Waals surface area contributed by atoms with E-state index >= 15 is 0 Å². The average Bonchev–Trinajstić information content (AvgIpc) is 2.46. The SMILES string of the molecule is CC(C)CCN(CCC(C)C)C1CNc2ccccc2C1. The van der Waals surface area contributed by atoms with Crippen molar-refractivity contribution < 1.29 is 0 Å². The summed E-state index contributed by atoms with van der Waals surface area (Å²) in [6.07, 6.45) is 3.80. The van der Waals surface area contributed by atoms with Gasteiger partial charge in [-0.3, -0.25) is 4.90 Å². The first-order chi connectivity index (χ1) is 10.1. The van der Waals surface area contributed by atoms with Crippen molar-refractivity contribution in [1.82, 2.24) is 4.90 Å². The number of nitrogens with zero attached hydrogens (tertiary/aromatic N) is 1. The molecule has 2 heteroatoms. The molecule has 1 atom stereocenters. The molecule has 0 saturated carbocycles. The van der Waals surface area contributed by atoms with Gasteiger partial charge in [-0.1, -0.05) is 45.9 Å². The maximum atomic E-state index is 3.63. The van der Waals surface area contributed by atoms with Crippen molar-refractivity contribution in [3.63, 3.8) is 0 Å². The van der Waals surface area contributed by atoms with Crippen LogP contribution in [0.15, 0.2) is 24.3 Å². The van der Waals surface area contributed by atoms with Gasteiger partial charge >= 0.3 is 0 Å². The molecule has 0 spiro atoms. The van der Waals surface area contributed by atoms with Gasteiger partial charge in [-0.25, -0.2) is 0 Å². The number of rotatable bonds is 7. The van der Waals surface area contributed by atoms with E-state index in [1.807, 2.05) is 0 Å². The first kappa shape index (κ1) is 16.4. The number of hydrogen-bond acceptors (Lipinski definition) is 2. The minimum absolute atomic E-state index is 0.650. The first-order valence-electron chi connectivity index (χ1n) is 8.62. The van der Waals surface area contributed by atoms with Gasteiger partial charge in [-0.2, -0.15) is 0 Å². The average molecular weight is 288 g/mol. The maximum Gasteiger partial charge on any atom is 0.0373 e. The van der Waals surface area contributed by atoms with Crippen LogP contribution in [0.4, 0.5) is 5.69 Å². The van der Waals surface area contributed by atoms with Crippen LogP contribution in [0.25, 0.3) is 0 Å². The second-order valence-corrected chi connectivity index (χ2v) is 7.30. The molecule has 0 fully saturated rings. The van der Waals surface area contributed by atoms with Crippen molar-refractivity contribution in [3.05, 3.63) is 29.8 Å². The summed E-state index contributed by atoms with van der Waals surface area (Å²) in [5, 5.41) is 3.63. The van der Waals surface area contributed by atoms with Crippen molar-refractivity contribution in [2.75, 3.05) is 25.0 Å². The largest absolute Gasteiger partial charge is 0.383 e. The molecule has 1 aliphatic heterocycles. The zero-order valence-electron chi connectivity index (χ0n) is 14.2. The van der Waals surface area contributed by atoms with Crippen molar-refractivity contribution in [2.24, 2.45) is 11.8 Å². The van der Waals surface area contributed by atoms with Crippen molar-refractivity contribution in [1.29, 1.82) is 0 Å². The van der Waals surface area contributed by atoms with Crippen LogP contribution < -0.4 is 5.32 Å². The summed E-state index contributed by atoms with van der Waals surface area (Å²) in [6.45, 7) is 12.9. The molecular weight excluding hydrogens is 256 g/mol. The van der Waals surface area contributed by atoms with Gasteiger partial charge in [0, 0.05) is 18.3 Å². The number of nitrogens with one attached hydrogen (secondary N) is 1. The zero-order chi connectivity index (χ0) is 15.2. The summed E-state index contributed by atoms with van der Waals surface area (Å²) in [5.41, 5.74) is 2.81. The predicted molar refractivity (Wildman–Crippen MR) is 92.9 cm³/mol. The fourth-order valence-corrected chi connectivity index (χ4v) is 3.01. The van der Waals surface area contributed by atoms with Gasteiger partial charge in [0.05, 0.1) is 0 Å². The summed E-state index contributed by atoms with van der Waals surface area (Å²) < 4.78 is 0. The van der Waals surface area contributed by atoms with Crippen LogP contribution in [-0.2, 0) is 6.42 Å². The van der Waals surface area contributed by atoms with E-state index in [0.29, 0.717) is 6.04 Å². The maximum absolute atomic E-state index is 3.63. The van der Waals surface area contributed by atoms with Crippen molar-refractivity contribution >= 4 is 5.69 Å². The molecule has 0 saturated heterocycles. The summed E-state index contributed by atoms with van der Waals surface area (Å²) in [4.78, 5) is 2.73. The van der Waals surface area contributed by atoms with E-state index in [-0.39, 0.29) is 0 Å². The van der Waals surface area contributed by atoms with Gasteiger partial charge in [0.15, 0.2) is 0 Å². The van der Waals surface area contributed by atoms with Gasteiger partial charge in [-0.15, -0.1) is 0 Å². The fraction of sp³-hybridized carbons (Fsp3) is 0.684. The molecule has 118 valence electrons. The molecule has 2 rings (SSSR count). The topological polar surface area (TPSA) is 15.3 Å². The van der Waals surface area contributed by atoms with Crippen LogP contribution in [0.5, 0.6) is 0 Å². The van der Waals surface area contributed by atoms with E-state index in [0.717, 1.165) is 18.4 Å². The van der Waals surface area contributed by atoms with Crippen LogP contribution in [-0.4, -0.2) is 30.6 Å². The monoisotopic (exact) mass is 288 g/mol. The van der Waals surface area contributed by atoms with Crippen LogP contribution in [0, 0.1) is 11.8 Å². The summed E-state index contributed by atoms with van der Waals surface area (Å²) >= 11 is 0. The second kappa shape index (κ2) is 7.84. The minimum Gasteiger partial charge on any atom is -0.383 e. The van der Waals surface area contributed by atoms with Gasteiger partial charge in [0.25, 0.3) is 0 Å². The van der Waals surface area contributed by atoms with E-state index in [2.05, 4.69) is 62.2 Å². The summed E-state index contributed by atoms with van der Waals surface area (Å²) in [7, 11) is 0. The van der Waals surface area contributed by atoms with Gasteiger partial charge in [0.1, 0.15) is 0 Å². The Morgan fingerprint density at radius 2 is 1.67 bits per heavy atom. The molecule has 21 heavy (non-hydrogen) atoms. The van der Waals surface area contributed by atoms with E-state index in [1.54, 1.807) is 0 Å². The molecule has 1 N–H and O–H groups in total. The molecule has 0 amide bonds. The predicted octanol–water partition coefficient (Wildman–Crippen LogP) is 4.42. The Labute approximate surface area is 130 Å². The van der Waals surface area contributed by atoms with Gasteiger partial charge in [0.2, 0.25) is 0 Å². The Balaban J connectivity index is 1.99. The molecule has 1 aliphatic rings. The highest BCUT2D eigenvalue weighted by molar-refractivity contribution is 5.53. The second-order valence-electron chi connectivity index (χ2n) is 7.30. The summed E-state index contributed by atoms with van der Waals surface area (Å²) in [6, 6.07) is 9.42. The molecular formula is C19H32N2. The normalized spacial score (nSPS) is 18.1. The van der Waals surface area contributed by atoms with Crippen LogP contribution in [0.2, 0.25) is 0 Å². The van der Waals surface area contributed by atoms with E-state index < -0.39 is 0 Å². The Hall–Kier alpha value is -1.02. The van der Waals surface area contributed by atoms with Crippen molar-refractivity contribution in [3.8, 4) is 0 Å². The molecule has 0 radical (unpaired) electrons. The van der Waals surface area contributed by atoms with Crippen LogP contribution in [0.3, 0.4) is 0 Å². The van der Waals surface area contributed by atoms with Crippen molar-refractivity contribution in [2.45, 2.75) is 53.0 Å². The third kappa shape index (κ3) is 5.03. The highest BCUT2D eigenvalue weighted by Crippen LogP contribution is 2.24. The number of hydrogen-bond donors (Lipinski definition) is 1. The minimum atomic E-state index is 0.650. The zero-order valence-corrected chi connectivity index (χ0v) is 14.2. The first-order valence-corrected chi connectivity index (χ1v) is 8.62. The molecule has 0 aromatic heterocycles. The Morgan fingerprint density at radius 1 is 1.05 bits per heavy atom. The third-order valence-electron chi connectivity index (χ3n) is 4.50. The van der Waals surface area contributed by atoms with E-state index in [4.69, 9.17) is 0 Å². The van der Waals surface area contributed by atoms with Crippen LogP contribution in [0.1, 0.15) is 46.1 Å². The Kier molecular flexibility index (Phi) is 6.10. The highest BCUT2D eigenvalue weighted by atomic mass is 15.2. The van der Waals surface area contributed by atoms with Gasteiger partial charge in [-0.05, 0) is 55.8 Å². The third-order valence-corrected chi connectivity index (χ3v) is 4.50. The lowest BCUT2D eigenvalue weighted by Crippen LogP contribution is -2.45. The molecule has 1 aromatic rings. The standard InChI is InChI=1S/C19H32N2/c1-15(2)9-11-21(12-10-16(3)4)18-13-17-7-5-6-8-19(17)20-14-18/h5-8,15-16,18,20H,9-14H2,1-4H3. The number of para-hydroxylation sites is 1. The Bertz CT molecular complexity index is 413. The molecule has 1 aromatic carbocycles.